The number of halogens is 2. The first-order valence-electron chi connectivity index (χ1n) is 13.4. The van der Waals surface area contributed by atoms with E-state index in [1.807, 2.05) is 13.8 Å². The lowest BCUT2D eigenvalue weighted by atomic mass is 10.1. The number of benzene rings is 3. The van der Waals surface area contributed by atoms with Crippen LogP contribution < -0.4 is 14.4 Å². The zero-order valence-electron chi connectivity index (χ0n) is 23.3. The molecule has 3 rings (SSSR count). The van der Waals surface area contributed by atoms with E-state index in [1.54, 1.807) is 67.6 Å². The number of hydrogen-bond donors (Lipinski definition) is 1. The topological polar surface area (TPSA) is 96.0 Å². The maximum Gasteiger partial charge on any atom is 0.264 e. The summed E-state index contributed by atoms with van der Waals surface area (Å²) in [5.74, 6) is -0.302. The summed E-state index contributed by atoms with van der Waals surface area (Å²) in [4.78, 5) is 28.7. The van der Waals surface area contributed by atoms with Crippen molar-refractivity contribution in [2.75, 3.05) is 24.0 Å². The minimum absolute atomic E-state index is 0.0241. The largest absolute Gasteiger partial charge is 0.494 e. The van der Waals surface area contributed by atoms with Gasteiger partial charge in [0.05, 0.1) is 27.2 Å². The van der Waals surface area contributed by atoms with Gasteiger partial charge in [0.1, 0.15) is 18.3 Å². The highest BCUT2D eigenvalue weighted by molar-refractivity contribution is 7.92. The molecule has 1 atom stereocenters. The molecule has 1 N–H and O–H groups in total. The van der Waals surface area contributed by atoms with Gasteiger partial charge in [0.15, 0.2) is 0 Å². The first-order chi connectivity index (χ1) is 19.6. The summed E-state index contributed by atoms with van der Waals surface area (Å²) in [6.45, 7) is 5.97. The van der Waals surface area contributed by atoms with Crippen LogP contribution in [0.5, 0.6) is 5.75 Å². The van der Waals surface area contributed by atoms with Gasteiger partial charge in [0, 0.05) is 13.1 Å². The number of carbonyl (C=O) groups is 2. The van der Waals surface area contributed by atoms with Crippen molar-refractivity contribution in [3.05, 3.63) is 88.4 Å². The number of anilines is 1. The molecule has 0 aliphatic carbocycles. The number of sulfonamides is 1. The predicted molar refractivity (Wildman–Crippen MR) is 163 cm³/mol. The highest BCUT2D eigenvalue weighted by Gasteiger charge is 2.33. The third kappa shape index (κ3) is 8.38. The van der Waals surface area contributed by atoms with Gasteiger partial charge < -0.3 is 15.0 Å². The van der Waals surface area contributed by atoms with E-state index in [9.17, 15) is 18.0 Å². The van der Waals surface area contributed by atoms with Crippen molar-refractivity contribution < 1.29 is 22.7 Å². The highest BCUT2D eigenvalue weighted by atomic mass is 35.5. The first-order valence-corrected chi connectivity index (χ1v) is 15.6. The molecule has 2 amide bonds. The van der Waals surface area contributed by atoms with Gasteiger partial charge in [-0.15, -0.1) is 0 Å². The molecule has 8 nitrogen and oxygen atoms in total. The van der Waals surface area contributed by atoms with E-state index in [4.69, 9.17) is 27.9 Å². The van der Waals surface area contributed by atoms with Gasteiger partial charge in [0.25, 0.3) is 10.0 Å². The standard InChI is InChI=1S/C30H35Cl2N3O5S/c1-4-18-33-30(37)28(5-2)34(20-22-12-17-26(31)27(32)19-22)29(36)21-35(23-13-15-24(16-14-23)40-6-3)41(38,39)25-10-8-7-9-11-25/h7-17,19,28H,4-6,18,20-21H2,1-3H3,(H,33,37)/t28-/m1/s1. The van der Waals surface area contributed by atoms with E-state index >= 15 is 0 Å². The number of carbonyl (C=O) groups excluding carboxylic acids is 2. The van der Waals surface area contributed by atoms with Crippen molar-refractivity contribution >= 4 is 50.7 Å². The number of nitrogens with zero attached hydrogens (tertiary/aromatic N) is 2. The molecule has 0 heterocycles. The van der Waals surface area contributed by atoms with Gasteiger partial charge >= 0.3 is 0 Å². The van der Waals surface area contributed by atoms with E-state index in [0.29, 0.717) is 40.9 Å². The molecule has 3 aromatic carbocycles. The molecule has 0 spiro atoms. The number of rotatable bonds is 14. The average Bonchev–Trinajstić information content (AvgIpc) is 2.97. The SMILES string of the molecule is CCCNC(=O)[C@@H](CC)N(Cc1ccc(Cl)c(Cl)c1)C(=O)CN(c1ccc(OCC)cc1)S(=O)(=O)c1ccccc1. The maximum absolute atomic E-state index is 14.1. The first kappa shape index (κ1) is 32.2. The zero-order valence-corrected chi connectivity index (χ0v) is 25.7. The van der Waals surface area contributed by atoms with E-state index in [2.05, 4.69) is 5.32 Å². The molecular weight excluding hydrogens is 585 g/mol. The van der Waals surface area contributed by atoms with Crippen LogP contribution in [0.25, 0.3) is 0 Å². The summed E-state index contributed by atoms with van der Waals surface area (Å²) in [5.41, 5.74) is 0.927. The van der Waals surface area contributed by atoms with Crippen LogP contribution in [0.3, 0.4) is 0 Å². The molecule has 0 aromatic heterocycles. The maximum atomic E-state index is 14.1. The molecule has 0 aliphatic heterocycles. The Morgan fingerprint density at radius 2 is 1.61 bits per heavy atom. The van der Waals surface area contributed by atoms with E-state index < -0.39 is 28.5 Å². The Hall–Kier alpha value is -3.27. The second kappa shape index (κ2) is 15.1. The van der Waals surface area contributed by atoms with Gasteiger partial charge in [-0.1, -0.05) is 61.3 Å². The quantitative estimate of drug-likeness (QED) is 0.242. The summed E-state index contributed by atoms with van der Waals surface area (Å²) in [7, 11) is -4.15. The van der Waals surface area contributed by atoms with E-state index in [1.165, 1.54) is 17.0 Å². The molecular formula is C30H35Cl2N3O5S. The molecule has 0 bridgehead atoms. The molecule has 220 valence electrons. The summed E-state index contributed by atoms with van der Waals surface area (Å²) < 4.78 is 34.3. The van der Waals surface area contributed by atoms with Crippen LogP contribution >= 0.6 is 23.2 Å². The number of amides is 2. The Labute approximate surface area is 252 Å². The second-order valence-corrected chi connectivity index (χ2v) is 11.9. The minimum Gasteiger partial charge on any atom is -0.494 e. The molecule has 0 saturated carbocycles. The van der Waals surface area contributed by atoms with Crippen LogP contribution in [0.2, 0.25) is 10.0 Å². The lowest BCUT2D eigenvalue weighted by Gasteiger charge is -2.33. The molecule has 3 aromatic rings. The van der Waals surface area contributed by atoms with Crippen LogP contribution in [-0.4, -0.2) is 50.9 Å². The Morgan fingerprint density at radius 1 is 0.927 bits per heavy atom. The fourth-order valence-electron chi connectivity index (χ4n) is 4.24. The molecule has 0 aliphatic rings. The second-order valence-electron chi connectivity index (χ2n) is 9.24. The van der Waals surface area contributed by atoms with Crippen molar-refractivity contribution in [3.63, 3.8) is 0 Å². The molecule has 0 radical (unpaired) electrons. The molecule has 11 heteroatoms. The normalized spacial score (nSPS) is 11.9. The fourth-order valence-corrected chi connectivity index (χ4v) is 6.00. The monoisotopic (exact) mass is 619 g/mol. The van der Waals surface area contributed by atoms with Crippen LogP contribution in [-0.2, 0) is 26.2 Å². The summed E-state index contributed by atoms with van der Waals surface area (Å²) in [6.07, 6.45) is 1.04. The lowest BCUT2D eigenvalue weighted by Crippen LogP contribution is -2.52. The summed E-state index contributed by atoms with van der Waals surface area (Å²) in [5, 5.41) is 3.52. The third-order valence-corrected chi connectivity index (χ3v) is 8.84. The molecule has 41 heavy (non-hydrogen) atoms. The predicted octanol–water partition coefficient (Wildman–Crippen LogP) is 5.92. The fraction of sp³-hybridized carbons (Fsp3) is 0.333. The van der Waals surface area contributed by atoms with Crippen LogP contribution in [0.1, 0.15) is 39.2 Å². The lowest BCUT2D eigenvalue weighted by molar-refractivity contribution is -0.140. The number of nitrogens with one attached hydrogen (secondary N) is 1. The van der Waals surface area contributed by atoms with Crippen molar-refractivity contribution in [2.24, 2.45) is 0 Å². The zero-order chi connectivity index (χ0) is 30.0. The number of ether oxygens (including phenoxy) is 1. The molecule has 0 fully saturated rings. The van der Waals surface area contributed by atoms with Gasteiger partial charge in [-0.2, -0.15) is 0 Å². The van der Waals surface area contributed by atoms with Crippen molar-refractivity contribution in [1.82, 2.24) is 10.2 Å². The van der Waals surface area contributed by atoms with Gasteiger partial charge in [0.2, 0.25) is 11.8 Å². The smallest absolute Gasteiger partial charge is 0.264 e. The Morgan fingerprint density at radius 3 is 2.20 bits per heavy atom. The van der Waals surface area contributed by atoms with E-state index in [0.717, 1.165) is 10.7 Å². The van der Waals surface area contributed by atoms with Gasteiger partial charge in [-0.25, -0.2) is 8.42 Å². The summed E-state index contributed by atoms with van der Waals surface area (Å²) >= 11 is 12.3. The van der Waals surface area contributed by atoms with Crippen molar-refractivity contribution in [3.8, 4) is 5.75 Å². The molecule has 0 unspecified atom stereocenters. The van der Waals surface area contributed by atoms with Crippen LogP contribution in [0.4, 0.5) is 5.69 Å². The molecule has 0 saturated heterocycles. The number of hydrogen-bond acceptors (Lipinski definition) is 5. The van der Waals surface area contributed by atoms with Crippen LogP contribution in [0, 0.1) is 0 Å². The highest BCUT2D eigenvalue weighted by Crippen LogP contribution is 2.28. The summed E-state index contributed by atoms with van der Waals surface area (Å²) in [6, 6.07) is 18.5. The van der Waals surface area contributed by atoms with Gasteiger partial charge in [-0.05, 0) is 73.9 Å². The Kier molecular flexibility index (Phi) is 11.9. The van der Waals surface area contributed by atoms with Crippen molar-refractivity contribution in [2.45, 2.75) is 51.1 Å². The Bertz CT molecular complexity index is 1420. The minimum atomic E-state index is -4.15. The van der Waals surface area contributed by atoms with Gasteiger partial charge in [-0.3, -0.25) is 13.9 Å². The average molecular weight is 621 g/mol. The van der Waals surface area contributed by atoms with Crippen LogP contribution in [0.15, 0.2) is 77.7 Å². The van der Waals surface area contributed by atoms with Crippen molar-refractivity contribution in [1.29, 1.82) is 0 Å². The van der Waals surface area contributed by atoms with E-state index in [-0.39, 0.29) is 23.0 Å². The Balaban J connectivity index is 2.05. The third-order valence-electron chi connectivity index (χ3n) is 6.32.